The lowest BCUT2D eigenvalue weighted by atomic mass is 9.66. The summed E-state index contributed by atoms with van der Waals surface area (Å²) in [5, 5.41) is 11.6. The Morgan fingerprint density at radius 2 is 1.90 bits per heavy atom. The molecule has 1 saturated carbocycles. The lowest BCUT2D eigenvalue weighted by Crippen LogP contribution is -2.59. The molecule has 4 rings (SSSR count). The van der Waals surface area contributed by atoms with Crippen LogP contribution >= 0.6 is 0 Å². The third-order valence-electron chi connectivity index (χ3n) is 6.31. The second-order valence-electron chi connectivity index (χ2n) is 8.30. The van der Waals surface area contributed by atoms with Crippen LogP contribution < -0.4 is 4.72 Å². The molecule has 1 amide bonds. The molecule has 1 aliphatic carbocycles. The zero-order chi connectivity index (χ0) is 21.4. The van der Waals surface area contributed by atoms with E-state index in [1.54, 1.807) is 6.07 Å². The molecule has 2 aromatic rings. The number of pyridine rings is 1. The fourth-order valence-corrected chi connectivity index (χ4v) is 5.46. The predicted molar refractivity (Wildman–Crippen MR) is 114 cm³/mol. The van der Waals surface area contributed by atoms with Crippen LogP contribution in [-0.2, 0) is 15.6 Å². The van der Waals surface area contributed by atoms with Crippen molar-refractivity contribution in [2.24, 2.45) is 5.92 Å². The summed E-state index contributed by atoms with van der Waals surface area (Å²) < 4.78 is 25.0. The van der Waals surface area contributed by atoms with Gasteiger partial charge in [-0.3, -0.25) is 9.52 Å². The third-order valence-corrected chi connectivity index (χ3v) is 6.89. The lowest BCUT2D eigenvalue weighted by Gasteiger charge is -2.52. The number of benzene rings is 1. The molecule has 2 aliphatic rings. The number of amides is 1. The summed E-state index contributed by atoms with van der Waals surface area (Å²) >= 11 is 0. The van der Waals surface area contributed by atoms with Crippen LogP contribution in [-0.4, -0.2) is 48.2 Å². The van der Waals surface area contributed by atoms with Crippen LogP contribution in [0.2, 0.25) is 0 Å². The summed E-state index contributed by atoms with van der Waals surface area (Å²) in [6.45, 7) is 0.467. The average Bonchev–Trinajstić information content (AvgIpc) is 2.74. The highest BCUT2D eigenvalue weighted by atomic mass is 32.2. The van der Waals surface area contributed by atoms with Gasteiger partial charge in [-0.05, 0) is 37.0 Å². The average molecular weight is 430 g/mol. The van der Waals surface area contributed by atoms with E-state index < -0.39 is 15.6 Å². The smallest absolute Gasteiger partial charge is 0.255 e. The Kier molecular flexibility index (Phi) is 5.55. The number of likely N-dealkylation sites (tertiary alicyclic amines) is 1. The first kappa shape index (κ1) is 20.8. The number of hydrogen-bond donors (Lipinski definition) is 2. The molecule has 8 heteroatoms. The van der Waals surface area contributed by atoms with E-state index in [0.717, 1.165) is 37.5 Å². The molecule has 30 heavy (non-hydrogen) atoms. The minimum atomic E-state index is -3.42. The molecule has 0 bridgehead atoms. The molecule has 1 aromatic heterocycles. The Labute approximate surface area is 177 Å². The van der Waals surface area contributed by atoms with Crippen molar-refractivity contribution in [3.63, 3.8) is 0 Å². The SMILES string of the molecule is CS(=O)(=O)Nc1ccc(C(=O)N2CCC(O)(c3ccccc3)[C@H]3CCCC[C@H]32)cn1. The van der Waals surface area contributed by atoms with Crippen LogP contribution in [0.3, 0.4) is 0 Å². The van der Waals surface area contributed by atoms with E-state index in [4.69, 9.17) is 0 Å². The van der Waals surface area contributed by atoms with Crippen molar-refractivity contribution in [3.8, 4) is 0 Å². The second kappa shape index (κ2) is 8.00. The van der Waals surface area contributed by atoms with Crippen LogP contribution in [0.4, 0.5) is 5.82 Å². The normalized spacial score (nSPS) is 26.7. The summed E-state index contributed by atoms with van der Waals surface area (Å²) in [5.41, 5.74) is 0.417. The van der Waals surface area contributed by atoms with Crippen LogP contribution in [0.5, 0.6) is 0 Å². The van der Waals surface area contributed by atoms with Crippen molar-refractivity contribution in [3.05, 3.63) is 59.8 Å². The summed E-state index contributed by atoms with van der Waals surface area (Å²) in [5.74, 6) is 0.0487. The van der Waals surface area contributed by atoms with Gasteiger partial charge in [0, 0.05) is 24.7 Å². The molecule has 3 atom stereocenters. The molecular formula is C22H27N3O4S. The molecule has 2 heterocycles. The summed E-state index contributed by atoms with van der Waals surface area (Å²) in [7, 11) is -3.42. The standard InChI is InChI=1S/C22H27N3O4S/c1-30(28,29)24-20-12-11-16(15-23-20)21(26)25-14-13-22(27,17-7-3-2-4-8-17)18-9-5-6-10-19(18)25/h2-4,7-8,11-12,15,18-19,27H,5-6,9-10,13-14H2,1H3,(H,23,24)/t18-,19+,22?/m0/s1. The van der Waals surface area contributed by atoms with E-state index in [9.17, 15) is 18.3 Å². The fourth-order valence-electron chi connectivity index (χ4n) is 4.96. The summed E-state index contributed by atoms with van der Waals surface area (Å²) in [6, 6.07) is 12.8. The molecular weight excluding hydrogens is 402 g/mol. The number of hydrogen-bond acceptors (Lipinski definition) is 5. The molecule has 1 saturated heterocycles. The molecule has 1 aromatic carbocycles. The number of carbonyl (C=O) groups excluding carboxylic acids is 1. The topological polar surface area (TPSA) is 99.6 Å². The number of rotatable bonds is 4. The van der Waals surface area contributed by atoms with Gasteiger partial charge in [-0.15, -0.1) is 0 Å². The maximum atomic E-state index is 13.3. The Morgan fingerprint density at radius 3 is 2.57 bits per heavy atom. The maximum absolute atomic E-state index is 13.3. The van der Waals surface area contributed by atoms with Crippen molar-refractivity contribution >= 4 is 21.7 Å². The number of fused-ring (bicyclic) bond motifs is 1. The first-order valence-electron chi connectivity index (χ1n) is 10.3. The van der Waals surface area contributed by atoms with Gasteiger partial charge < -0.3 is 10.0 Å². The molecule has 7 nitrogen and oxygen atoms in total. The van der Waals surface area contributed by atoms with Crippen molar-refractivity contribution in [1.82, 2.24) is 9.88 Å². The van der Waals surface area contributed by atoms with Crippen molar-refractivity contribution in [2.75, 3.05) is 17.5 Å². The summed E-state index contributed by atoms with van der Waals surface area (Å²) in [6.07, 6.45) is 6.79. The highest BCUT2D eigenvalue weighted by Crippen LogP contribution is 2.47. The molecule has 2 N–H and O–H groups in total. The quantitative estimate of drug-likeness (QED) is 0.779. The largest absolute Gasteiger partial charge is 0.385 e. The number of aromatic nitrogens is 1. The molecule has 0 spiro atoms. The molecule has 1 aliphatic heterocycles. The van der Waals surface area contributed by atoms with Crippen molar-refractivity contribution < 1.29 is 18.3 Å². The van der Waals surface area contributed by atoms with Crippen LogP contribution in [0.15, 0.2) is 48.7 Å². The van der Waals surface area contributed by atoms with Gasteiger partial charge in [0.15, 0.2) is 0 Å². The van der Waals surface area contributed by atoms with E-state index in [1.807, 2.05) is 35.2 Å². The van der Waals surface area contributed by atoms with Gasteiger partial charge in [0.1, 0.15) is 5.82 Å². The van der Waals surface area contributed by atoms with E-state index in [-0.39, 0.29) is 23.7 Å². The Morgan fingerprint density at radius 1 is 1.17 bits per heavy atom. The third kappa shape index (κ3) is 4.06. The van der Waals surface area contributed by atoms with Crippen LogP contribution in [0, 0.1) is 5.92 Å². The van der Waals surface area contributed by atoms with Crippen LogP contribution in [0.25, 0.3) is 0 Å². The van der Waals surface area contributed by atoms with E-state index in [0.29, 0.717) is 18.5 Å². The van der Waals surface area contributed by atoms with Gasteiger partial charge in [-0.1, -0.05) is 43.2 Å². The second-order valence-corrected chi connectivity index (χ2v) is 10.1. The maximum Gasteiger partial charge on any atom is 0.255 e. The van der Waals surface area contributed by atoms with Crippen molar-refractivity contribution in [2.45, 2.75) is 43.7 Å². The number of aliphatic hydroxyl groups is 1. The number of piperidine rings is 1. The fraction of sp³-hybridized carbons (Fsp3) is 0.455. The minimum Gasteiger partial charge on any atom is -0.385 e. The highest BCUT2D eigenvalue weighted by Gasteiger charge is 2.50. The number of nitrogens with zero attached hydrogens (tertiary/aromatic N) is 2. The zero-order valence-corrected chi connectivity index (χ0v) is 17.8. The van der Waals surface area contributed by atoms with Gasteiger partial charge in [0.25, 0.3) is 5.91 Å². The number of nitrogens with one attached hydrogen (secondary N) is 1. The number of anilines is 1. The molecule has 0 radical (unpaired) electrons. The van der Waals surface area contributed by atoms with Crippen molar-refractivity contribution in [1.29, 1.82) is 0 Å². The van der Waals surface area contributed by atoms with E-state index >= 15 is 0 Å². The molecule has 2 fully saturated rings. The molecule has 160 valence electrons. The Balaban J connectivity index is 1.57. The van der Waals surface area contributed by atoms with Gasteiger partial charge in [-0.25, -0.2) is 13.4 Å². The first-order chi connectivity index (χ1) is 14.3. The first-order valence-corrected chi connectivity index (χ1v) is 12.2. The summed E-state index contributed by atoms with van der Waals surface area (Å²) in [4.78, 5) is 19.2. The number of carbonyl (C=O) groups is 1. The Bertz CT molecular complexity index is 1010. The van der Waals surface area contributed by atoms with Crippen LogP contribution in [0.1, 0.15) is 48.0 Å². The molecule has 1 unspecified atom stereocenters. The lowest BCUT2D eigenvalue weighted by molar-refractivity contribution is -0.110. The zero-order valence-electron chi connectivity index (χ0n) is 17.0. The Hall–Kier alpha value is -2.45. The number of sulfonamides is 1. The van der Waals surface area contributed by atoms with Gasteiger partial charge >= 0.3 is 0 Å². The minimum absolute atomic E-state index is 0.00881. The van der Waals surface area contributed by atoms with Gasteiger partial charge in [-0.2, -0.15) is 0 Å². The van der Waals surface area contributed by atoms with E-state index in [2.05, 4.69) is 9.71 Å². The van der Waals surface area contributed by atoms with Gasteiger partial charge in [0.2, 0.25) is 10.0 Å². The highest BCUT2D eigenvalue weighted by molar-refractivity contribution is 7.92. The monoisotopic (exact) mass is 429 g/mol. The van der Waals surface area contributed by atoms with Gasteiger partial charge in [0.05, 0.1) is 17.4 Å². The predicted octanol–water partition coefficient (Wildman–Crippen LogP) is 2.75. The van der Waals surface area contributed by atoms with E-state index in [1.165, 1.54) is 12.3 Å².